The number of hydrogen-bond acceptors (Lipinski definition) is 4. The minimum Gasteiger partial charge on any atom is -0.366 e. The third kappa shape index (κ3) is 3.88. The number of rotatable bonds is 5. The van der Waals surface area contributed by atoms with Gasteiger partial charge in [-0.25, -0.2) is 4.39 Å². The molecule has 3 heterocycles. The third-order valence-corrected chi connectivity index (χ3v) is 7.26. The Balaban J connectivity index is 1.29. The summed E-state index contributed by atoms with van der Waals surface area (Å²) in [6, 6.07) is 18.1. The Morgan fingerprint density at radius 2 is 1.72 bits per heavy atom. The van der Waals surface area contributed by atoms with Crippen LogP contribution >= 0.6 is 11.3 Å². The second-order valence-corrected chi connectivity index (χ2v) is 9.12. The summed E-state index contributed by atoms with van der Waals surface area (Å²) >= 11 is 1.57. The van der Waals surface area contributed by atoms with Crippen LogP contribution in [0.4, 0.5) is 10.1 Å². The number of hydrogen-bond donors (Lipinski definition) is 0. The average Bonchev–Trinajstić information content (AvgIpc) is 3.47. The van der Waals surface area contributed by atoms with Crippen LogP contribution in [-0.2, 0) is 11.3 Å². The molecule has 2 aliphatic rings. The molecule has 1 atom stereocenters. The summed E-state index contributed by atoms with van der Waals surface area (Å²) in [6.45, 7) is 2.78. The number of halogens is 1. The lowest BCUT2D eigenvalue weighted by Crippen LogP contribution is -2.49. The first-order valence-electron chi connectivity index (χ1n) is 10.8. The third-order valence-electron chi connectivity index (χ3n) is 6.29. The number of fused-ring (bicyclic) bond motifs is 1. The van der Waals surface area contributed by atoms with E-state index in [1.54, 1.807) is 23.5 Å². The average molecular weight is 450 g/mol. The smallest absolute Gasteiger partial charge is 0.255 e. The molecule has 3 aromatic rings. The van der Waals surface area contributed by atoms with E-state index < -0.39 is 0 Å². The maximum absolute atomic E-state index is 14.1. The fourth-order valence-corrected chi connectivity index (χ4v) is 5.41. The standard InChI is InChI=1S/C25H24FN3O2S/c26-20-8-3-4-9-21(20)27-11-13-28(14-12-27)24(30)16-22(23-10-5-15-32-23)29-17-18-6-1-2-7-19(18)25(29)31/h1-10,15,22H,11-14,16-17H2/t22-/m0/s1. The molecule has 5 rings (SSSR count). The Bertz CT molecular complexity index is 1130. The number of carbonyl (C=O) groups is 2. The Labute approximate surface area is 190 Å². The number of thiophene rings is 1. The van der Waals surface area contributed by atoms with Crippen molar-refractivity contribution in [2.24, 2.45) is 0 Å². The monoisotopic (exact) mass is 449 g/mol. The van der Waals surface area contributed by atoms with E-state index in [1.807, 2.05) is 62.5 Å². The van der Waals surface area contributed by atoms with Crippen LogP contribution in [0.1, 0.15) is 33.3 Å². The first-order chi connectivity index (χ1) is 15.6. The van der Waals surface area contributed by atoms with Gasteiger partial charge in [-0.3, -0.25) is 9.59 Å². The fourth-order valence-electron chi connectivity index (χ4n) is 4.57. The molecule has 2 aromatic carbocycles. The highest BCUT2D eigenvalue weighted by Gasteiger charge is 2.36. The molecule has 1 fully saturated rings. The summed E-state index contributed by atoms with van der Waals surface area (Å²) in [4.78, 5) is 33.0. The quantitative estimate of drug-likeness (QED) is 0.583. The van der Waals surface area contributed by atoms with Crippen LogP contribution in [0.15, 0.2) is 66.0 Å². The van der Waals surface area contributed by atoms with Gasteiger partial charge in [-0.05, 0) is 35.2 Å². The summed E-state index contributed by atoms with van der Waals surface area (Å²) < 4.78 is 14.1. The lowest BCUT2D eigenvalue weighted by atomic mass is 10.1. The Morgan fingerprint density at radius 3 is 2.44 bits per heavy atom. The maximum Gasteiger partial charge on any atom is 0.255 e. The Hall–Kier alpha value is -3.19. The summed E-state index contributed by atoms with van der Waals surface area (Å²) in [5.74, 6) is -0.228. The fraction of sp³-hybridized carbons (Fsp3) is 0.280. The van der Waals surface area contributed by atoms with Gasteiger partial charge in [0.1, 0.15) is 5.82 Å². The van der Waals surface area contributed by atoms with Gasteiger partial charge in [-0.1, -0.05) is 36.4 Å². The van der Waals surface area contributed by atoms with Gasteiger partial charge >= 0.3 is 0 Å². The van der Waals surface area contributed by atoms with Crippen LogP contribution in [0.3, 0.4) is 0 Å². The van der Waals surface area contributed by atoms with Gasteiger partial charge in [-0.15, -0.1) is 11.3 Å². The number of para-hydroxylation sites is 1. The van der Waals surface area contributed by atoms with Crippen LogP contribution < -0.4 is 4.90 Å². The molecule has 0 aliphatic carbocycles. The van der Waals surface area contributed by atoms with Gasteiger partial charge in [-0.2, -0.15) is 0 Å². The van der Waals surface area contributed by atoms with E-state index in [1.165, 1.54) is 6.07 Å². The lowest BCUT2D eigenvalue weighted by Gasteiger charge is -2.37. The first kappa shape index (κ1) is 20.7. The van der Waals surface area contributed by atoms with Gasteiger partial charge in [0, 0.05) is 43.2 Å². The molecular weight excluding hydrogens is 425 g/mol. The van der Waals surface area contributed by atoms with E-state index in [-0.39, 0.29) is 30.1 Å². The van der Waals surface area contributed by atoms with Crippen molar-refractivity contribution in [3.63, 3.8) is 0 Å². The zero-order valence-corrected chi connectivity index (χ0v) is 18.4. The van der Waals surface area contributed by atoms with Gasteiger partial charge in [0.15, 0.2) is 0 Å². The molecule has 7 heteroatoms. The molecule has 0 unspecified atom stereocenters. The molecule has 2 aliphatic heterocycles. The summed E-state index contributed by atoms with van der Waals surface area (Å²) in [5, 5.41) is 1.98. The number of piperazine rings is 1. The summed E-state index contributed by atoms with van der Waals surface area (Å²) in [7, 11) is 0. The summed E-state index contributed by atoms with van der Waals surface area (Å²) in [5.41, 5.74) is 2.31. The second-order valence-electron chi connectivity index (χ2n) is 8.14. The highest BCUT2D eigenvalue weighted by Crippen LogP contribution is 2.36. The molecule has 0 spiro atoms. The zero-order valence-electron chi connectivity index (χ0n) is 17.6. The molecule has 0 bridgehead atoms. The van der Waals surface area contributed by atoms with E-state index in [9.17, 15) is 14.0 Å². The largest absolute Gasteiger partial charge is 0.366 e. The predicted octanol–water partition coefficient (Wildman–Crippen LogP) is 4.32. The molecule has 1 saturated heterocycles. The van der Waals surface area contributed by atoms with Crippen molar-refractivity contribution < 1.29 is 14.0 Å². The SMILES string of the molecule is O=C(C[C@@H](c1cccs1)N1Cc2ccccc2C1=O)N1CCN(c2ccccc2F)CC1. The van der Waals surface area contributed by atoms with E-state index in [2.05, 4.69) is 0 Å². The number of carbonyl (C=O) groups excluding carboxylic acids is 2. The van der Waals surface area contributed by atoms with Gasteiger partial charge < -0.3 is 14.7 Å². The van der Waals surface area contributed by atoms with Gasteiger partial charge in [0.25, 0.3) is 5.91 Å². The van der Waals surface area contributed by atoms with E-state index in [0.29, 0.717) is 38.4 Å². The van der Waals surface area contributed by atoms with Crippen molar-refractivity contribution in [2.45, 2.75) is 19.0 Å². The summed E-state index contributed by atoms with van der Waals surface area (Å²) in [6.07, 6.45) is 0.250. The highest BCUT2D eigenvalue weighted by molar-refractivity contribution is 7.10. The molecule has 0 N–H and O–H groups in total. The van der Waals surface area contributed by atoms with Crippen molar-refractivity contribution in [3.05, 3.63) is 87.9 Å². The minimum atomic E-state index is -0.285. The van der Waals surface area contributed by atoms with Crippen molar-refractivity contribution >= 4 is 28.8 Å². The second kappa shape index (κ2) is 8.74. The Kier molecular flexibility index (Phi) is 5.66. The Morgan fingerprint density at radius 1 is 0.969 bits per heavy atom. The lowest BCUT2D eigenvalue weighted by molar-refractivity contribution is -0.132. The van der Waals surface area contributed by atoms with Crippen molar-refractivity contribution in [2.75, 3.05) is 31.1 Å². The van der Waals surface area contributed by atoms with Gasteiger partial charge in [0.2, 0.25) is 5.91 Å². The molecule has 32 heavy (non-hydrogen) atoms. The van der Waals surface area contributed by atoms with Crippen molar-refractivity contribution in [1.29, 1.82) is 0 Å². The van der Waals surface area contributed by atoms with Gasteiger partial charge in [0.05, 0.1) is 18.2 Å². The van der Waals surface area contributed by atoms with E-state index in [0.717, 1.165) is 16.0 Å². The topological polar surface area (TPSA) is 43.9 Å². The highest BCUT2D eigenvalue weighted by atomic mass is 32.1. The van der Waals surface area contributed by atoms with Crippen LogP contribution in [0.5, 0.6) is 0 Å². The normalized spacial score (nSPS) is 16.9. The minimum absolute atomic E-state index is 0.0174. The molecule has 0 radical (unpaired) electrons. The van der Waals surface area contributed by atoms with Crippen LogP contribution in [-0.4, -0.2) is 47.8 Å². The molecule has 2 amide bonds. The number of nitrogens with zero attached hydrogens (tertiary/aromatic N) is 3. The number of anilines is 1. The number of amides is 2. The zero-order chi connectivity index (χ0) is 22.1. The van der Waals surface area contributed by atoms with E-state index in [4.69, 9.17) is 0 Å². The van der Waals surface area contributed by atoms with Crippen LogP contribution in [0.2, 0.25) is 0 Å². The van der Waals surface area contributed by atoms with Crippen LogP contribution in [0, 0.1) is 5.82 Å². The molecule has 1 aromatic heterocycles. The molecule has 0 saturated carbocycles. The predicted molar refractivity (Wildman–Crippen MR) is 123 cm³/mol. The first-order valence-corrected chi connectivity index (χ1v) is 11.7. The molecule has 164 valence electrons. The molecule has 5 nitrogen and oxygen atoms in total. The number of benzene rings is 2. The van der Waals surface area contributed by atoms with Crippen LogP contribution in [0.25, 0.3) is 0 Å². The van der Waals surface area contributed by atoms with Crippen molar-refractivity contribution in [3.8, 4) is 0 Å². The van der Waals surface area contributed by atoms with E-state index >= 15 is 0 Å². The molecular formula is C25H24FN3O2S. The maximum atomic E-state index is 14.1. The van der Waals surface area contributed by atoms with Crippen molar-refractivity contribution in [1.82, 2.24) is 9.80 Å².